The molecule has 0 spiro atoms. The number of thiazole rings is 1. The Morgan fingerprint density at radius 2 is 1.93 bits per heavy atom. The highest BCUT2D eigenvalue weighted by Gasteiger charge is 2.14. The van der Waals surface area contributed by atoms with Gasteiger partial charge in [0.05, 0.1) is 12.1 Å². The second-order valence-corrected chi connectivity index (χ2v) is 7.64. The summed E-state index contributed by atoms with van der Waals surface area (Å²) < 4.78 is 13.1. The topological polar surface area (TPSA) is 64.9 Å². The van der Waals surface area contributed by atoms with Crippen molar-refractivity contribution in [1.82, 2.24) is 14.7 Å². The van der Waals surface area contributed by atoms with Crippen molar-refractivity contribution in [3.8, 4) is 22.8 Å². The zero-order chi connectivity index (χ0) is 19.6. The fraction of sp³-hybridized carbons (Fsp3) is 0.182. The number of amides is 1. The summed E-state index contributed by atoms with van der Waals surface area (Å²) in [6, 6.07) is 15.8. The summed E-state index contributed by atoms with van der Waals surface area (Å²) >= 11 is 1.54. The number of ether oxygens (including phenoxy) is 2. The van der Waals surface area contributed by atoms with E-state index in [-0.39, 0.29) is 5.91 Å². The lowest BCUT2D eigenvalue weighted by atomic mass is 10.2. The largest absolute Gasteiger partial charge is 0.486 e. The van der Waals surface area contributed by atoms with E-state index in [4.69, 9.17) is 9.47 Å². The summed E-state index contributed by atoms with van der Waals surface area (Å²) in [5, 5.41) is 4.97. The van der Waals surface area contributed by atoms with Gasteiger partial charge in [-0.25, -0.2) is 4.98 Å². The second-order valence-electron chi connectivity index (χ2n) is 6.80. The van der Waals surface area contributed by atoms with E-state index in [1.807, 2.05) is 64.5 Å². The number of rotatable bonds is 5. The van der Waals surface area contributed by atoms with Gasteiger partial charge in [0, 0.05) is 29.4 Å². The van der Waals surface area contributed by atoms with Gasteiger partial charge in [-0.1, -0.05) is 36.4 Å². The summed E-state index contributed by atoms with van der Waals surface area (Å²) in [5.74, 6) is 1.45. The van der Waals surface area contributed by atoms with Crippen LogP contribution in [0, 0.1) is 0 Å². The molecule has 0 aliphatic carbocycles. The van der Waals surface area contributed by atoms with Gasteiger partial charge in [-0.2, -0.15) is 0 Å². The lowest BCUT2D eigenvalue weighted by molar-refractivity contribution is -0.120. The Balaban J connectivity index is 1.26. The number of nitrogens with one attached hydrogen (secondary N) is 1. The second kappa shape index (κ2) is 7.60. The quantitative estimate of drug-likeness (QED) is 0.550. The Bertz CT molecular complexity index is 1170. The minimum Gasteiger partial charge on any atom is -0.486 e. The van der Waals surface area contributed by atoms with Crippen molar-refractivity contribution >= 4 is 22.2 Å². The van der Waals surface area contributed by atoms with Gasteiger partial charge in [0.15, 0.2) is 16.5 Å². The van der Waals surface area contributed by atoms with E-state index >= 15 is 0 Å². The zero-order valence-corrected chi connectivity index (χ0v) is 16.4. The van der Waals surface area contributed by atoms with Gasteiger partial charge in [0.2, 0.25) is 5.91 Å². The molecule has 7 heteroatoms. The van der Waals surface area contributed by atoms with Gasteiger partial charge in [0.1, 0.15) is 13.2 Å². The van der Waals surface area contributed by atoms with E-state index in [0.717, 1.165) is 39.0 Å². The Morgan fingerprint density at radius 1 is 1.10 bits per heavy atom. The molecule has 4 aromatic rings. The third kappa shape index (κ3) is 3.69. The molecule has 0 saturated heterocycles. The molecule has 1 amide bonds. The fourth-order valence-corrected chi connectivity index (χ4v) is 4.20. The van der Waals surface area contributed by atoms with Crippen molar-refractivity contribution in [3.63, 3.8) is 0 Å². The number of carbonyl (C=O) groups is 1. The van der Waals surface area contributed by atoms with E-state index in [9.17, 15) is 4.79 Å². The van der Waals surface area contributed by atoms with Crippen LogP contribution in [0.4, 0.5) is 0 Å². The van der Waals surface area contributed by atoms with Crippen molar-refractivity contribution in [2.45, 2.75) is 13.0 Å². The maximum atomic E-state index is 12.5. The van der Waals surface area contributed by atoms with Crippen molar-refractivity contribution in [3.05, 3.63) is 71.4 Å². The summed E-state index contributed by atoms with van der Waals surface area (Å²) in [7, 11) is 0. The maximum absolute atomic E-state index is 12.5. The van der Waals surface area contributed by atoms with Gasteiger partial charge < -0.3 is 14.8 Å². The Morgan fingerprint density at radius 3 is 2.79 bits per heavy atom. The van der Waals surface area contributed by atoms with E-state index in [1.54, 1.807) is 11.3 Å². The highest BCUT2D eigenvalue weighted by molar-refractivity contribution is 7.15. The number of hydrogen-bond acceptors (Lipinski definition) is 5. The number of imidazole rings is 1. The fourth-order valence-electron chi connectivity index (χ4n) is 3.33. The third-order valence-corrected chi connectivity index (χ3v) is 5.68. The number of benzene rings is 2. The van der Waals surface area contributed by atoms with E-state index in [0.29, 0.717) is 26.2 Å². The Kier molecular flexibility index (Phi) is 4.65. The zero-order valence-electron chi connectivity index (χ0n) is 15.6. The molecular weight excluding hydrogens is 386 g/mol. The predicted molar refractivity (Wildman–Crippen MR) is 111 cm³/mol. The number of hydrogen-bond donors (Lipinski definition) is 1. The van der Waals surface area contributed by atoms with E-state index < -0.39 is 0 Å². The highest BCUT2D eigenvalue weighted by Crippen LogP contribution is 2.30. The van der Waals surface area contributed by atoms with Gasteiger partial charge >= 0.3 is 0 Å². The van der Waals surface area contributed by atoms with Crippen LogP contribution in [0.15, 0.2) is 60.1 Å². The van der Waals surface area contributed by atoms with Crippen LogP contribution in [-0.4, -0.2) is 28.5 Å². The third-order valence-electron chi connectivity index (χ3n) is 4.79. The molecule has 0 bridgehead atoms. The molecule has 3 heterocycles. The lowest BCUT2D eigenvalue weighted by Gasteiger charge is -2.18. The van der Waals surface area contributed by atoms with Gasteiger partial charge in [-0.15, -0.1) is 11.3 Å². The molecule has 1 aliphatic rings. The van der Waals surface area contributed by atoms with Crippen molar-refractivity contribution in [1.29, 1.82) is 0 Å². The van der Waals surface area contributed by atoms with Gasteiger partial charge in [-0.05, 0) is 17.7 Å². The highest BCUT2D eigenvalue weighted by atomic mass is 32.1. The first kappa shape index (κ1) is 17.8. The summed E-state index contributed by atoms with van der Waals surface area (Å²) in [6.07, 6.45) is 2.29. The van der Waals surface area contributed by atoms with E-state index in [1.165, 1.54) is 0 Å². The van der Waals surface area contributed by atoms with Crippen LogP contribution in [0.5, 0.6) is 11.5 Å². The molecule has 0 saturated carbocycles. The van der Waals surface area contributed by atoms with Crippen LogP contribution in [0.1, 0.15) is 11.3 Å². The Hall–Kier alpha value is -3.32. The molecule has 6 nitrogen and oxygen atoms in total. The van der Waals surface area contributed by atoms with Crippen LogP contribution in [-0.2, 0) is 17.8 Å². The first-order chi connectivity index (χ1) is 14.3. The van der Waals surface area contributed by atoms with Crippen LogP contribution < -0.4 is 14.8 Å². The molecule has 29 heavy (non-hydrogen) atoms. The van der Waals surface area contributed by atoms with Crippen molar-refractivity contribution in [2.24, 2.45) is 0 Å². The first-order valence-electron chi connectivity index (χ1n) is 9.42. The van der Waals surface area contributed by atoms with Crippen LogP contribution in [0.2, 0.25) is 0 Å². The van der Waals surface area contributed by atoms with Crippen molar-refractivity contribution < 1.29 is 14.3 Å². The monoisotopic (exact) mass is 405 g/mol. The summed E-state index contributed by atoms with van der Waals surface area (Å²) in [5.41, 5.74) is 3.89. The number of nitrogens with zero attached hydrogens (tertiary/aromatic N) is 2. The molecule has 1 aliphatic heterocycles. The molecule has 2 aromatic carbocycles. The minimum atomic E-state index is -0.0328. The average molecular weight is 405 g/mol. The number of fused-ring (bicyclic) bond motifs is 2. The maximum Gasteiger partial charge on any atom is 0.226 e. The van der Waals surface area contributed by atoms with Crippen molar-refractivity contribution in [2.75, 3.05) is 13.2 Å². The number of aromatic nitrogens is 2. The molecule has 0 unspecified atom stereocenters. The summed E-state index contributed by atoms with van der Waals surface area (Å²) in [4.78, 5) is 18.1. The normalized spacial score (nSPS) is 12.8. The standard InChI is InChI=1S/C22H19N3O3S/c26-21(23-12-15-6-7-19-20(10-15)28-9-8-27-19)11-17-14-29-22-24-18(13-25(17)22)16-4-2-1-3-5-16/h1-7,10,13-14H,8-9,11-12H2,(H,23,26). The molecule has 0 fully saturated rings. The molecule has 0 atom stereocenters. The molecule has 2 aromatic heterocycles. The van der Waals surface area contributed by atoms with Crippen LogP contribution >= 0.6 is 11.3 Å². The number of carbonyl (C=O) groups excluding carboxylic acids is 1. The smallest absolute Gasteiger partial charge is 0.226 e. The molecule has 5 rings (SSSR count). The molecule has 0 radical (unpaired) electrons. The molecular formula is C22H19N3O3S. The molecule has 1 N–H and O–H groups in total. The summed E-state index contributed by atoms with van der Waals surface area (Å²) in [6.45, 7) is 1.56. The van der Waals surface area contributed by atoms with Crippen LogP contribution in [0.25, 0.3) is 16.2 Å². The van der Waals surface area contributed by atoms with Gasteiger partial charge in [0.25, 0.3) is 0 Å². The Labute approximate surface area is 171 Å². The van der Waals surface area contributed by atoms with Gasteiger partial charge in [-0.3, -0.25) is 9.20 Å². The van der Waals surface area contributed by atoms with Crippen LogP contribution in [0.3, 0.4) is 0 Å². The lowest BCUT2D eigenvalue weighted by Crippen LogP contribution is -2.25. The molecule has 146 valence electrons. The average Bonchev–Trinajstić information content (AvgIpc) is 3.35. The SMILES string of the molecule is O=C(Cc1csc2nc(-c3ccccc3)cn12)NCc1ccc2c(c1)OCCO2. The predicted octanol–water partition coefficient (Wildman–Crippen LogP) is 3.69. The first-order valence-corrected chi connectivity index (χ1v) is 10.3. The van der Waals surface area contributed by atoms with E-state index in [2.05, 4.69) is 10.3 Å². The minimum absolute atomic E-state index is 0.0328.